The maximum absolute atomic E-state index is 14.5. The van der Waals surface area contributed by atoms with Gasteiger partial charge in [0.1, 0.15) is 0 Å². The summed E-state index contributed by atoms with van der Waals surface area (Å²) in [6.45, 7) is 51.9. The molecule has 0 aromatic heterocycles. The summed E-state index contributed by atoms with van der Waals surface area (Å²) < 4.78 is 53.6. The van der Waals surface area contributed by atoms with E-state index < -0.39 is 96.4 Å². The Balaban J connectivity index is 3.48. The van der Waals surface area contributed by atoms with Gasteiger partial charge >= 0.3 is 51.4 Å². The van der Waals surface area contributed by atoms with E-state index in [-0.39, 0.29) is 46.7 Å². The van der Waals surface area contributed by atoms with Crippen molar-refractivity contribution < 1.29 is 52.1 Å². The lowest BCUT2D eigenvalue weighted by Crippen LogP contribution is -2.58. The van der Waals surface area contributed by atoms with Crippen LogP contribution in [0.25, 0.3) is 0 Å². The van der Waals surface area contributed by atoms with Gasteiger partial charge < -0.3 is 43.6 Å². The van der Waals surface area contributed by atoms with Gasteiger partial charge in [-0.2, -0.15) is 0 Å². The van der Waals surface area contributed by atoms with Crippen LogP contribution in [-0.2, 0) is 32.9 Å². The third-order valence-corrected chi connectivity index (χ3v) is 48.9. The first-order valence-corrected chi connectivity index (χ1v) is 60.7. The molecule has 80 heavy (non-hydrogen) atoms. The quantitative estimate of drug-likeness (QED) is 0.0361. The molecule has 0 aliphatic carbocycles. The first-order valence-electron chi connectivity index (χ1n) is 30.8. The average molecular weight is 1290 g/mol. The second-order valence-corrected chi connectivity index (χ2v) is 68.0. The summed E-state index contributed by atoms with van der Waals surface area (Å²) in [5.41, 5.74) is 0.669. The minimum absolute atomic E-state index is 0.129. The summed E-state index contributed by atoms with van der Waals surface area (Å²) in [5.74, 6) is -1.24. The molecule has 0 radical (unpaired) electrons. The highest BCUT2D eigenvalue weighted by Crippen LogP contribution is 2.31. The summed E-state index contributed by atoms with van der Waals surface area (Å²) in [4.78, 5) is 57.6. The number of Topliss-reactive ketones (excluding diaryl/α,β-unsaturated/α-hetero) is 2. The van der Waals surface area contributed by atoms with Crippen LogP contribution in [-0.4, -0.2) is 121 Å². The van der Waals surface area contributed by atoms with Crippen molar-refractivity contribution >= 4 is 108 Å². The van der Waals surface area contributed by atoms with Gasteiger partial charge in [-0.25, -0.2) is 0 Å². The maximum Gasteiger partial charge on any atom is 0.314 e. The number of amides is 2. The Morgan fingerprint density at radius 1 is 0.325 bits per heavy atom. The van der Waals surface area contributed by atoms with Crippen LogP contribution in [0, 0.1) is 0 Å². The molecule has 0 saturated carbocycles. The number of carbonyl (C=O) groups excluding carboxylic acids is 4. The Bertz CT molecular complexity index is 1940. The van der Waals surface area contributed by atoms with Crippen LogP contribution in [0.5, 0.6) is 0 Å². The Morgan fingerprint density at radius 2 is 0.575 bits per heavy atom. The summed E-state index contributed by atoms with van der Waals surface area (Å²) in [6, 6.07) is 4.60. The Morgan fingerprint density at radius 3 is 0.863 bits per heavy atom. The molecule has 0 bridgehead atoms. The van der Waals surface area contributed by atoms with Crippen molar-refractivity contribution in [3.63, 3.8) is 0 Å². The SMILES string of the molecule is CCCCCCCCCC(=O)c1cc(C(=O)CCCCCCCCC)c(C(=O)NCCC[Si](C)(C)O[Si](C)(C)O[Si](C)(C)O[Si](C)(C)O[Si](C)(C)C)cc1C(=O)NCCC[Si](C)(C)O[Si](C)(C)O[Si](C)(C)O[Si](C)(C)O[Si](C)(C)C. The number of carbonyl (C=O) groups is 4. The van der Waals surface area contributed by atoms with Gasteiger partial charge in [-0.05, 0) is 194 Å². The number of benzene rings is 1. The third-order valence-electron chi connectivity index (χ3n) is 12.9. The monoisotopic (exact) mass is 1290 g/mol. The van der Waals surface area contributed by atoms with E-state index in [0.29, 0.717) is 38.8 Å². The highest BCUT2D eigenvalue weighted by atomic mass is 28.5. The van der Waals surface area contributed by atoms with E-state index in [9.17, 15) is 19.2 Å². The normalized spacial score (nSPS) is 13.7. The largest absolute Gasteiger partial charge is 0.437 e. The van der Waals surface area contributed by atoms with Crippen molar-refractivity contribution in [1.29, 1.82) is 0 Å². The second kappa shape index (κ2) is 34.0. The van der Waals surface area contributed by atoms with Crippen LogP contribution >= 0.6 is 0 Å². The molecular weight excluding hydrogens is 1170 g/mol. The van der Waals surface area contributed by atoms with Crippen molar-refractivity contribution in [2.45, 2.75) is 286 Å². The van der Waals surface area contributed by atoms with Crippen LogP contribution in [0.4, 0.5) is 0 Å². The molecule has 14 nitrogen and oxygen atoms in total. The standard InChI is InChI=1S/C56H120N2O12Si10/c1-25-27-29-31-33-35-37-41-53(59)49-47-50(54(60)42-38-36-34-32-30-28-26-2)52(56(62)58-44-40-46-74(11,12)66-78(19,20)70-80(23,24)68-76(15,16)64-72(6,7)8)48-51(49)55(61)57-43-39-45-73(9,10)65-77(17,18)69-79(21,22)67-75(13,14)63-71(3,4)5/h47-48H,25-46H2,1-24H3,(H,57,61)(H,58,62). The number of nitrogens with one attached hydrogen (secondary N) is 2. The zero-order valence-corrected chi connectivity index (χ0v) is 65.6. The van der Waals surface area contributed by atoms with E-state index in [0.717, 1.165) is 50.6 Å². The zero-order valence-electron chi connectivity index (χ0n) is 55.6. The molecule has 2 N–H and O–H groups in total. The second-order valence-electron chi connectivity index (χ2n) is 28.2. The fourth-order valence-electron chi connectivity index (χ4n) is 11.2. The zero-order chi connectivity index (χ0) is 61.7. The minimum atomic E-state index is -2.64. The highest BCUT2D eigenvalue weighted by molar-refractivity contribution is 6.91. The van der Waals surface area contributed by atoms with Gasteiger partial charge in [0, 0.05) is 37.1 Å². The van der Waals surface area contributed by atoms with E-state index in [1.807, 2.05) is 0 Å². The smallest absolute Gasteiger partial charge is 0.314 e. The van der Waals surface area contributed by atoms with E-state index in [1.165, 1.54) is 44.6 Å². The van der Waals surface area contributed by atoms with Crippen molar-refractivity contribution in [2.75, 3.05) is 13.1 Å². The van der Waals surface area contributed by atoms with E-state index in [1.54, 1.807) is 6.07 Å². The number of hydrogen-bond donors (Lipinski definition) is 2. The molecule has 24 heteroatoms. The van der Waals surface area contributed by atoms with Crippen molar-refractivity contribution in [1.82, 2.24) is 10.6 Å². The molecule has 466 valence electrons. The lowest BCUT2D eigenvalue weighted by atomic mass is 9.90. The molecular formula is C56H120N2O12Si10. The van der Waals surface area contributed by atoms with Gasteiger partial charge in [0.15, 0.2) is 44.8 Å². The molecule has 0 saturated heterocycles. The van der Waals surface area contributed by atoms with E-state index in [4.69, 9.17) is 32.9 Å². The van der Waals surface area contributed by atoms with Crippen LogP contribution in [0.3, 0.4) is 0 Å². The van der Waals surface area contributed by atoms with Crippen molar-refractivity contribution in [2.24, 2.45) is 0 Å². The van der Waals surface area contributed by atoms with Crippen LogP contribution in [0.1, 0.15) is 171 Å². The lowest BCUT2D eigenvalue weighted by Gasteiger charge is -2.42. The van der Waals surface area contributed by atoms with Crippen LogP contribution in [0.2, 0.25) is 156 Å². The molecule has 1 rings (SSSR count). The molecule has 1 aromatic carbocycles. The first kappa shape index (κ1) is 77.4. The Hall–Kier alpha value is -0.651. The number of hydrogen-bond acceptors (Lipinski definition) is 12. The number of rotatable bonds is 44. The molecule has 0 aliphatic rings. The fourth-order valence-corrected chi connectivity index (χ4v) is 58.7. The van der Waals surface area contributed by atoms with Crippen molar-refractivity contribution in [3.05, 3.63) is 34.4 Å². The topological polar surface area (TPSA) is 166 Å². The van der Waals surface area contributed by atoms with Gasteiger partial charge in [0.25, 0.3) is 11.8 Å². The first-order chi connectivity index (χ1) is 36.4. The molecule has 0 heterocycles. The predicted octanol–water partition coefficient (Wildman–Crippen LogP) is 17.0. The van der Waals surface area contributed by atoms with Gasteiger partial charge in [-0.3, -0.25) is 19.2 Å². The van der Waals surface area contributed by atoms with Crippen molar-refractivity contribution in [3.8, 4) is 0 Å². The fraction of sp³-hybridized carbons (Fsp3) is 0.821. The molecule has 2 amide bonds. The summed E-state index contributed by atoms with van der Waals surface area (Å²) in [5, 5.41) is 6.20. The van der Waals surface area contributed by atoms with Gasteiger partial charge in [-0.1, -0.05) is 90.9 Å². The predicted molar refractivity (Wildman–Crippen MR) is 359 cm³/mol. The van der Waals surface area contributed by atoms with Crippen LogP contribution < -0.4 is 10.6 Å². The van der Waals surface area contributed by atoms with Gasteiger partial charge in [-0.15, -0.1) is 0 Å². The summed E-state index contributed by atoms with van der Waals surface area (Å²) in [7, 11) is -23.5. The highest BCUT2D eigenvalue weighted by Gasteiger charge is 2.47. The Kier molecular flexibility index (Phi) is 32.9. The molecule has 0 spiro atoms. The molecule has 0 fully saturated rings. The van der Waals surface area contributed by atoms with Gasteiger partial charge in [0.2, 0.25) is 0 Å². The molecule has 1 aromatic rings. The molecule has 0 unspecified atom stereocenters. The Labute approximate surface area is 500 Å². The number of ketones is 2. The molecule has 0 aliphatic heterocycles. The van der Waals surface area contributed by atoms with E-state index >= 15 is 0 Å². The summed E-state index contributed by atoms with van der Waals surface area (Å²) >= 11 is 0. The average Bonchev–Trinajstić information content (AvgIpc) is 3.23. The summed E-state index contributed by atoms with van der Waals surface area (Å²) in [6.07, 6.45) is 16.4. The molecule has 0 atom stereocenters. The third kappa shape index (κ3) is 35.1. The van der Waals surface area contributed by atoms with Crippen LogP contribution in [0.15, 0.2) is 12.1 Å². The number of unbranched alkanes of at least 4 members (excludes halogenated alkanes) is 12. The minimum Gasteiger partial charge on any atom is -0.437 e. The maximum atomic E-state index is 14.5. The van der Waals surface area contributed by atoms with E-state index in [2.05, 4.69) is 169 Å². The lowest BCUT2D eigenvalue weighted by molar-refractivity contribution is 0.0919. The van der Waals surface area contributed by atoms with Gasteiger partial charge in [0.05, 0.1) is 11.1 Å².